The molecule has 0 aromatic heterocycles. The van der Waals surface area contributed by atoms with Crippen molar-refractivity contribution in [2.45, 2.75) is 44.8 Å². The van der Waals surface area contributed by atoms with Crippen LogP contribution in [0.1, 0.15) is 37.5 Å². The minimum absolute atomic E-state index is 0.157. The molecule has 0 aliphatic rings. The van der Waals surface area contributed by atoms with E-state index in [2.05, 4.69) is 4.18 Å². The minimum Gasteiger partial charge on any atom is -0.376 e. The Morgan fingerprint density at radius 2 is 1.39 bits per heavy atom. The average Bonchev–Trinajstić information content (AvgIpc) is 2.26. The predicted molar refractivity (Wildman–Crippen MR) is 70.5 cm³/mol. The molecular weight excluding hydrogens is 350 g/mol. The van der Waals surface area contributed by atoms with Crippen LogP contribution in [-0.2, 0) is 21.7 Å². The Morgan fingerprint density at radius 1 is 0.913 bits per heavy atom. The fourth-order valence-corrected chi connectivity index (χ4v) is 2.31. The Hall–Kier alpha value is -1.45. The molecule has 0 heterocycles. The SMILES string of the molecule is Cc1cc(C(C)(C)C)c(C(F)(F)F)cc1OS(=O)(=O)C(F)(F)F. The number of hydrogen-bond donors (Lipinski definition) is 0. The monoisotopic (exact) mass is 364 g/mol. The fourth-order valence-electron chi connectivity index (χ4n) is 1.80. The number of rotatable bonds is 2. The van der Waals surface area contributed by atoms with Gasteiger partial charge in [0, 0.05) is 0 Å². The van der Waals surface area contributed by atoms with Gasteiger partial charge in [-0.1, -0.05) is 26.8 Å². The maximum Gasteiger partial charge on any atom is 0.534 e. The van der Waals surface area contributed by atoms with E-state index in [0.29, 0.717) is 0 Å². The molecule has 0 atom stereocenters. The summed E-state index contributed by atoms with van der Waals surface area (Å²) in [6.07, 6.45) is -4.88. The van der Waals surface area contributed by atoms with Crippen LogP contribution in [0, 0.1) is 6.92 Å². The fraction of sp³-hybridized carbons (Fsp3) is 0.538. The molecule has 1 rings (SSSR count). The van der Waals surface area contributed by atoms with E-state index < -0.39 is 38.5 Å². The summed E-state index contributed by atoms with van der Waals surface area (Å²) in [7, 11) is -6.05. The van der Waals surface area contributed by atoms with Gasteiger partial charge < -0.3 is 4.18 Å². The molecule has 23 heavy (non-hydrogen) atoms. The van der Waals surface area contributed by atoms with Gasteiger partial charge in [0.1, 0.15) is 5.75 Å². The molecule has 0 bridgehead atoms. The van der Waals surface area contributed by atoms with E-state index >= 15 is 0 Å². The van der Waals surface area contributed by atoms with Gasteiger partial charge in [0.25, 0.3) is 0 Å². The largest absolute Gasteiger partial charge is 0.534 e. The second kappa shape index (κ2) is 5.57. The summed E-state index contributed by atoms with van der Waals surface area (Å²) < 4.78 is 102. The van der Waals surface area contributed by atoms with Gasteiger partial charge in [-0.25, -0.2) is 0 Å². The summed E-state index contributed by atoms with van der Waals surface area (Å²) in [4.78, 5) is 0. The van der Waals surface area contributed by atoms with Crippen molar-refractivity contribution < 1.29 is 38.9 Å². The van der Waals surface area contributed by atoms with Gasteiger partial charge in [0.05, 0.1) is 5.56 Å². The third-order valence-electron chi connectivity index (χ3n) is 2.91. The molecule has 1 aromatic rings. The van der Waals surface area contributed by atoms with Gasteiger partial charge in [-0.3, -0.25) is 0 Å². The summed E-state index contributed by atoms with van der Waals surface area (Å²) in [6.45, 7) is 5.63. The number of aryl methyl sites for hydroxylation is 1. The van der Waals surface area contributed by atoms with Crippen LogP contribution >= 0.6 is 0 Å². The number of halogens is 6. The first-order valence-electron chi connectivity index (χ1n) is 6.20. The molecule has 132 valence electrons. The van der Waals surface area contributed by atoms with E-state index in [1.54, 1.807) is 0 Å². The normalized spacial score (nSPS) is 14.0. The van der Waals surface area contributed by atoms with E-state index in [-0.39, 0.29) is 17.2 Å². The van der Waals surface area contributed by atoms with Crippen LogP contribution in [0.25, 0.3) is 0 Å². The summed E-state index contributed by atoms with van der Waals surface area (Å²) >= 11 is 0. The standard InChI is InChI=1S/C13H14F6O3S/c1-7-5-8(11(2,3)4)9(12(14,15)16)6-10(7)22-23(20,21)13(17,18)19/h5-6H,1-4H3. The first kappa shape index (κ1) is 19.6. The molecule has 0 spiro atoms. The van der Waals surface area contributed by atoms with Crippen LogP contribution in [0.2, 0.25) is 0 Å². The minimum atomic E-state index is -6.05. The molecule has 1 aromatic carbocycles. The summed E-state index contributed by atoms with van der Waals surface area (Å²) in [5, 5.41) is 0. The lowest BCUT2D eigenvalue weighted by molar-refractivity contribution is -0.138. The summed E-state index contributed by atoms with van der Waals surface area (Å²) in [6, 6.07) is 1.25. The van der Waals surface area contributed by atoms with Crippen molar-refractivity contribution in [3.63, 3.8) is 0 Å². The second-order valence-electron chi connectivity index (χ2n) is 5.89. The van der Waals surface area contributed by atoms with Crippen LogP contribution in [0.3, 0.4) is 0 Å². The number of benzene rings is 1. The molecular formula is C13H14F6O3S. The van der Waals surface area contributed by atoms with Crippen molar-refractivity contribution in [3.05, 3.63) is 28.8 Å². The molecule has 0 saturated heterocycles. The predicted octanol–water partition coefficient (Wildman–Crippen LogP) is 4.54. The highest BCUT2D eigenvalue weighted by Gasteiger charge is 2.49. The van der Waals surface area contributed by atoms with Gasteiger partial charge in [0.2, 0.25) is 0 Å². The molecule has 0 saturated carbocycles. The van der Waals surface area contributed by atoms with Gasteiger partial charge >= 0.3 is 21.8 Å². The van der Waals surface area contributed by atoms with Crippen LogP contribution < -0.4 is 4.18 Å². The topological polar surface area (TPSA) is 43.4 Å². The maximum absolute atomic E-state index is 13.1. The van der Waals surface area contributed by atoms with Crippen molar-refractivity contribution in [2.75, 3.05) is 0 Å². The van der Waals surface area contributed by atoms with Crippen LogP contribution in [-0.4, -0.2) is 13.9 Å². The molecule has 0 radical (unpaired) electrons. The van der Waals surface area contributed by atoms with Crippen LogP contribution in [0.15, 0.2) is 12.1 Å². The molecule has 0 N–H and O–H groups in total. The van der Waals surface area contributed by atoms with E-state index in [1.165, 1.54) is 20.8 Å². The molecule has 0 aliphatic heterocycles. The van der Waals surface area contributed by atoms with E-state index in [4.69, 9.17) is 0 Å². The zero-order chi connectivity index (χ0) is 18.4. The average molecular weight is 364 g/mol. The number of alkyl halides is 6. The Bertz CT molecular complexity index is 696. The Kier molecular flexibility index (Phi) is 4.75. The maximum atomic E-state index is 13.1. The third kappa shape index (κ3) is 4.30. The van der Waals surface area contributed by atoms with Gasteiger partial charge in [-0.15, -0.1) is 0 Å². The summed E-state index contributed by atoms with van der Waals surface area (Å²) in [5.74, 6) is -1.01. The zero-order valence-electron chi connectivity index (χ0n) is 12.6. The van der Waals surface area contributed by atoms with Gasteiger partial charge in [-0.2, -0.15) is 34.8 Å². The molecule has 0 fully saturated rings. The van der Waals surface area contributed by atoms with Gasteiger partial charge in [-0.05, 0) is 29.5 Å². The Labute approximate surface area is 129 Å². The third-order valence-corrected chi connectivity index (χ3v) is 3.88. The molecule has 10 heteroatoms. The van der Waals surface area contributed by atoms with Gasteiger partial charge in [0.15, 0.2) is 0 Å². The van der Waals surface area contributed by atoms with Crippen molar-refractivity contribution in [1.29, 1.82) is 0 Å². The highest BCUT2D eigenvalue weighted by molar-refractivity contribution is 7.88. The van der Waals surface area contributed by atoms with Crippen molar-refractivity contribution in [1.82, 2.24) is 0 Å². The van der Waals surface area contributed by atoms with E-state index in [0.717, 1.165) is 13.0 Å². The van der Waals surface area contributed by atoms with Crippen molar-refractivity contribution >= 4 is 10.1 Å². The van der Waals surface area contributed by atoms with Crippen molar-refractivity contribution in [2.24, 2.45) is 0 Å². The Balaban J connectivity index is 3.56. The first-order chi connectivity index (χ1) is 9.97. The number of hydrogen-bond acceptors (Lipinski definition) is 3. The lowest BCUT2D eigenvalue weighted by Gasteiger charge is -2.25. The smallest absolute Gasteiger partial charge is 0.376 e. The van der Waals surface area contributed by atoms with E-state index in [9.17, 15) is 34.8 Å². The van der Waals surface area contributed by atoms with Crippen LogP contribution in [0.4, 0.5) is 26.3 Å². The van der Waals surface area contributed by atoms with Crippen molar-refractivity contribution in [3.8, 4) is 5.75 Å². The zero-order valence-corrected chi connectivity index (χ0v) is 13.4. The van der Waals surface area contributed by atoms with Crippen LogP contribution in [0.5, 0.6) is 5.75 Å². The van der Waals surface area contributed by atoms with E-state index in [1.807, 2.05) is 0 Å². The lowest BCUT2D eigenvalue weighted by Crippen LogP contribution is -2.28. The quantitative estimate of drug-likeness (QED) is 0.440. The first-order valence-corrected chi connectivity index (χ1v) is 7.61. The lowest BCUT2D eigenvalue weighted by atomic mass is 9.82. The Morgan fingerprint density at radius 3 is 1.74 bits per heavy atom. The second-order valence-corrected chi connectivity index (χ2v) is 7.43. The molecule has 0 unspecified atom stereocenters. The highest BCUT2D eigenvalue weighted by Crippen LogP contribution is 2.41. The highest BCUT2D eigenvalue weighted by atomic mass is 32.2. The molecule has 0 amide bonds. The summed E-state index contributed by atoms with van der Waals surface area (Å²) in [5.41, 5.74) is -8.28. The molecule has 0 aliphatic carbocycles. The molecule has 3 nitrogen and oxygen atoms in total.